The van der Waals surface area contributed by atoms with Crippen molar-refractivity contribution in [2.75, 3.05) is 9.80 Å². The minimum Gasteiger partial charge on any atom is -0.310 e. The van der Waals surface area contributed by atoms with Crippen LogP contribution in [0.15, 0.2) is 164 Å². The molecule has 7 aromatic rings. The van der Waals surface area contributed by atoms with E-state index in [-0.39, 0.29) is 0 Å². The molecule has 0 heterocycles. The SMILES string of the molecule is [C-]#[N+]C(C)(C)c1ccc(N(c2ccc(-c3ccc(N(c4ccc(C(C)(C)C#N)cc4)c4cccc5c4CCC=C5)cc3)cc2)c2cccc3ccccc23)cc1. The minimum atomic E-state index is -0.589. The zero-order chi connectivity index (χ0) is 38.9. The molecule has 272 valence electrons. The number of nitrogens with zero attached hydrogens (tertiary/aromatic N) is 4. The minimum absolute atomic E-state index is 0.566. The summed E-state index contributed by atoms with van der Waals surface area (Å²) >= 11 is 0. The average Bonchev–Trinajstić information content (AvgIpc) is 3.25. The average molecular weight is 725 g/mol. The van der Waals surface area contributed by atoms with Crippen LogP contribution in [0.4, 0.5) is 34.1 Å². The van der Waals surface area contributed by atoms with Crippen molar-refractivity contribution in [2.45, 2.75) is 51.5 Å². The van der Waals surface area contributed by atoms with Crippen LogP contribution in [0.2, 0.25) is 0 Å². The van der Waals surface area contributed by atoms with Crippen molar-refractivity contribution in [2.24, 2.45) is 0 Å². The molecule has 1 aliphatic carbocycles. The van der Waals surface area contributed by atoms with E-state index in [0.29, 0.717) is 0 Å². The lowest BCUT2D eigenvalue weighted by Crippen LogP contribution is -2.16. The number of allylic oxidation sites excluding steroid dienone is 1. The molecule has 1 aliphatic rings. The summed E-state index contributed by atoms with van der Waals surface area (Å²) < 4.78 is 0. The molecule has 0 fully saturated rings. The van der Waals surface area contributed by atoms with Crippen LogP contribution in [0.25, 0.3) is 32.8 Å². The summed E-state index contributed by atoms with van der Waals surface area (Å²) in [7, 11) is 0. The van der Waals surface area contributed by atoms with Crippen molar-refractivity contribution in [1.82, 2.24) is 0 Å². The Bertz CT molecular complexity index is 2630. The normalized spacial score (nSPS) is 12.4. The Morgan fingerprint density at radius 2 is 1.07 bits per heavy atom. The summed E-state index contributed by atoms with van der Waals surface area (Å²) in [6.45, 7) is 15.6. The number of hydrogen-bond donors (Lipinski definition) is 0. The van der Waals surface area contributed by atoms with Gasteiger partial charge in [0.2, 0.25) is 0 Å². The van der Waals surface area contributed by atoms with Crippen LogP contribution >= 0.6 is 0 Å². The van der Waals surface area contributed by atoms with Crippen LogP contribution in [-0.2, 0) is 17.4 Å². The van der Waals surface area contributed by atoms with Crippen LogP contribution in [0, 0.1) is 17.9 Å². The molecule has 4 heteroatoms. The van der Waals surface area contributed by atoms with Gasteiger partial charge in [-0.15, -0.1) is 0 Å². The number of fused-ring (bicyclic) bond motifs is 2. The summed E-state index contributed by atoms with van der Waals surface area (Å²) in [6, 6.07) is 58.4. The van der Waals surface area contributed by atoms with Crippen LogP contribution in [-0.4, -0.2) is 0 Å². The first kappa shape index (κ1) is 36.1. The molecule has 0 aliphatic heterocycles. The third-order valence-corrected chi connectivity index (χ3v) is 11.1. The Morgan fingerprint density at radius 3 is 1.66 bits per heavy atom. The molecule has 0 saturated carbocycles. The largest absolute Gasteiger partial charge is 0.310 e. The standard InChI is InChI=1S/C52H44N4/c1-51(2,36-53)41-24-32-45(33-25-41)55(49-18-10-14-39-12-6-8-16-47(39)49)43-28-20-37(21-29-43)38-22-30-44(31-23-38)56(46-34-26-42(27-35-46)52(3,4)54-5)50-19-11-15-40-13-7-9-17-48(40)50/h6-7,9-15,17-35H,8,16H2,1-4H3. The summed E-state index contributed by atoms with van der Waals surface area (Å²) in [5.41, 5.74) is 12.2. The highest BCUT2D eigenvalue weighted by molar-refractivity contribution is 5.99. The predicted octanol–water partition coefficient (Wildman–Crippen LogP) is 14.4. The van der Waals surface area contributed by atoms with E-state index in [4.69, 9.17) is 6.57 Å². The highest BCUT2D eigenvalue weighted by Crippen LogP contribution is 2.43. The van der Waals surface area contributed by atoms with Crippen molar-refractivity contribution in [3.05, 3.63) is 197 Å². The molecule has 7 aromatic carbocycles. The second kappa shape index (κ2) is 14.7. The second-order valence-electron chi connectivity index (χ2n) is 15.6. The molecule has 4 nitrogen and oxygen atoms in total. The lowest BCUT2D eigenvalue weighted by molar-refractivity contribution is 0.664. The van der Waals surface area contributed by atoms with E-state index in [1.807, 2.05) is 27.7 Å². The molecule has 0 aromatic heterocycles. The molecule has 56 heavy (non-hydrogen) atoms. The maximum absolute atomic E-state index is 9.78. The van der Waals surface area contributed by atoms with E-state index >= 15 is 0 Å². The first-order valence-corrected chi connectivity index (χ1v) is 19.2. The molecule has 0 saturated heterocycles. The quantitative estimate of drug-likeness (QED) is 0.139. The highest BCUT2D eigenvalue weighted by atomic mass is 15.1. The lowest BCUT2D eigenvalue weighted by Gasteiger charge is -2.30. The molecule has 0 atom stereocenters. The Labute approximate surface area is 331 Å². The first-order chi connectivity index (χ1) is 27.2. The van der Waals surface area contributed by atoms with Gasteiger partial charge in [0, 0.05) is 53.2 Å². The number of rotatable bonds is 9. The summed E-state index contributed by atoms with van der Waals surface area (Å²) in [5.74, 6) is 0. The molecule has 0 spiro atoms. The van der Waals surface area contributed by atoms with E-state index in [2.05, 4.69) is 191 Å². The van der Waals surface area contributed by atoms with E-state index < -0.39 is 11.0 Å². The van der Waals surface area contributed by atoms with Crippen molar-refractivity contribution >= 4 is 51.0 Å². The van der Waals surface area contributed by atoms with Crippen molar-refractivity contribution in [3.63, 3.8) is 0 Å². The van der Waals surface area contributed by atoms with Gasteiger partial charge in [0.1, 0.15) is 0 Å². The van der Waals surface area contributed by atoms with E-state index in [1.54, 1.807) is 0 Å². The number of anilines is 6. The fraction of sp³-hybridized carbons (Fsp3) is 0.154. The first-order valence-electron chi connectivity index (χ1n) is 19.2. The predicted molar refractivity (Wildman–Crippen MR) is 234 cm³/mol. The fourth-order valence-corrected chi connectivity index (χ4v) is 7.71. The summed E-state index contributed by atoms with van der Waals surface area (Å²) in [4.78, 5) is 8.51. The van der Waals surface area contributed by atoms with Crippen LogP contribution in [0.1, 0.15) is 56.4 Å². The Kier molecular flexibility index (Phi) is 9.51. The van der Waals surface area contributed by atoms with Gasteiger partial charge in [-0.05, 0) is 133 Å². The van der Waals surface area contributed by atoms with Gasteiger partial charge in [-0.1, -0.05) is 97.1 Å². The Morgan fingerprint density at radius 1 is 0.571 bits per heavy atom. The summed E-state index contributed by atoms with van der Waals surface area (Å²) in [5, 5.41) is 12.1. The van der Waals surface area contributed by atoms with Crippen LogP contribution in [0.5, 0.6) is 0 Å². The van der Waals surface area contributed by atoms with Gasteiger partial charge >= 0.3 is 0 Å². The maximum Gasteiger partial charge on any atom is 0.252 e. The fourth-order valence-electron chi connectivity index (χ4n) is 7.71. The second-order valence-corrected chi connectivity index (χ2v) is 15.6. The van der Waals surface area contributed by atoms with Gasteiger partial charge in [0.25, 0.3) is 5.54 Å². The van der Waals surface area contributed by atoms with E-state index in [9.17, 15) is 5.26 Å². The van der Waals surface area contributed by atoms with Crippen molar-refractivity contribution < 1.29 is 0 Å². The molecule has 0 bridgehead atoms. The molecular weight excluding hydrogens is 681 g/mol. The van der Waals surface area contributed by atoms with Gasteiger partial charge in [0.15, 0.2) is 0 Å². The zero-order valence-corrected chi connectivity index (χ0v) is 32.4. The van der Waals surface area contributed by atoms with E-state index in [1.165, 1.54) is 27.6 Å². The monoisotopic (exact) mass is 724 g/mol. The number of benzene rings is 7. The molecule has 0 unspecified atom stereocenters. The van der Waals surface area contributed by atoms with Crippen molar-refractivity contribution in [1.29, 1.82) is 5.26 Å². The molecule has 0 amide bonds. The van der Waals surface area contributed by atoms with Crippen LogP contribution < -0.4 is 9.80 Å². The lowest BCUT2D eigenvalue weighted by atomic mass is 9.86. The number of nitriles is 1. The number of hydrogen-bond acceptors (Lipinski definition) is 3. The van der Waals surface area contributed by atoms with Gasteiger partial charge in [-0.25, -0.2) is 6.57 Å². The van der Waals surface area contributed by atoms with Gasteiger partial charge < -0.3 is 14.6 Å². The third-order valence-electron chi connectivity index (χ3n) is 11.1. The van der Waals surface area contributed by atoms with Crippen molar-refractivity contribution in [3.8, 4) is 17.2 Å². The third kappa shape index (κ3) is 6.83. The van der Waals surface area contributed by atoms with E-state index in [0.717, 1.165) is 63.5 Å². The maximum atomic E-state index is 9.78. The Balaban J connectivity index is 1.16. The molecule has 0 radical (unpaired) electrons. The van der Waals surface area contributed by atoms with Gasteiger partial charge in [-0.2, -0.15) is 5.26 Å². The smallest absolute Gasteiger partial charge is 0.252 e. The zero-order valence-electron chi connectivity index (χ0n) is 32.4. The summed E-state index contributed by atoms with van der Waals surface area (Å²) in [6.07, 6.45) is 6.50. The Hall–Kier alpha value is -6.88. The molecular formula is C52H44N4. The van der Waals surface area contributed by atoms with Gasteiger partial charge in [0.05, 0.1) is 17.2 Å². The van der Waals surface area contributed by atoms with Gasteiger partial charge in [-0.3, -0.25) is 0 Å². The van der Waals surface area contributed by atoms with Crippen LogP contribution in [0.3, 0.4) is 0 Å². The highest BCUT2D eigenvalue weighted by Gasteiger charge is 2.27. The topological polar surface area (TPSA) is 34.6 Å². The molecule has 8 rings (SSSR count). The molecule has 0 N–H and O–H groups in total.